The first-order chi connectivity index (χ1) is 15.0. The Hall–Kier alpha value is -3.80. The number of para-hydroxylation sites is 1. The number of methoxy groups -OCH3 is 1. The molecule has 0 unspecified atom stereocenters. The van der Waals surface area contributed by atoms with E-state index in [2.05, 4.69) is 28.4 Å². The van der Waals surface area contributed by atoms with E-state index < -0.39 is 6.16 Å². The van der Waals surface area contributed by atoms with Crippen LogP contribution in [0, 0.1) is 6.92 Å². The van der Waals surface area contributed by atoms with Gasteiger partial charge in [-0.25, -0.2) is 9.78 Å². The second-order valence-electron chi connectivity index (χ2n) is 7.42. The summed E-state index contributed by atoms with van der Waals surface area (Å²) in [5, 5.41) is 0. The number of nitrogens with two attached hydrogens (primary N) is 1. The SMILES string of the molecule is CCc1nc2c(C)cc(N)cc2n1Cc1ccc(-c2ccccc2OC(=O)OC)cc1. The third-order valence-electron chi connectivity index (χ3n) is 5.31. The number of aromatic nitrogens is 2. The number of carbonyl (C=O) groups excluding carboxylic acids is 1. The van der Waals surface area contributed by atoms with Crippen molar-refractivity contribution < 1.29 is 14.3 Å². The summed E-state index contributed by atoms with van der Waals surface area (Å²) in [6, 6.07) is 19.5. The van der Waals surface area contributed by atoms with Crippen LogP contribution in [-0.4, -0.2) is 22.8 Å². The highest BCUT2D eigenvalue weighted by Crippen LogP contribution is 2.31. The summed E-state index contributed by atoms with van der Waals surface area (Å²) in [7, 11) is 1.29. The van der Waals surface area contributed by atoms with Gasteiger partial charge in [0.1, 0.15) is 11.6 Å². The molecule has 1 aromatic heterocycles. The van der Waals surface area contributed by atoms with Gasteiger partial charge in [0.05, 0.1) is 18.1 Å². The van der Waals surface area contributed by atoms with Crippen molar-refractivity contribution in [3.63, 3.8) is 0 Å². The standard InChI is InChI=1S/C25H25N3O3/c1-4-23-27-24-16(2)13-19(26)14-21(24)28(23)15-17-9-11-18(12-10-17)20-7-5-6-8-22(20)31-25(29)30-3/h5-14H,4,15,26H2,1-3H3. The van der Waals surface area contributed by atoms with Crippen LogP contribution in [0.1, 0.15) is 23.9 Å². The van der Waals surface area contributed by atoms with Gasteiger partial charge >= 0.3 is 6.16 Å². The van der Waals surface area contributed by atoms with Crippen molar-refractivity contribution in [2.45, 2.75) is 26.8 Å². The zero-order valence-corrected chi connectivity index (χ0v) is 17.9. The Labute approximate surface area is 181 Å². The average molecular weight is 415 g/mol. The molecule has 0 saturated heterocycles. The van der Waals surface area contributed by atoms with E-state index in [4.69, 9.17) is 15.5 Å². The molecule has 0 bridgehead atoms. The number of carbonyl (C=O) groups is 1. The summed E-state index contributed by atoms with van der Waals surface area (Å²) in [5.41, 5.74) is 12.9. The number of benzene rings is 3. The van der Waals surface area contributed by atoms with Gasteiger partial charge in [-0.15, -0.1) is 0 Å². The number of rotatable bonds is 5. The molecular formula is C25H25N3O3. The van der Waals surface area contributed by atoms with Crippen molar-refractivity contribution in [1.29, 1.82) is 0 Å². The Balaban J connectivity index is 1.66. The molecule has 0 aliphatic heterocycles. The molecule has 0 fully saturated rings. The van der Waals surface area contributed by atoms with Crippen LogP contribution in [0.2, 0.25) is 0 Å². The molecular weight excluding hydrogens is 390 g/mol. The number of ether oxygens (including phenoxy) is 2. The first-order valence-corrected chi connectivity index (χ1v) is 10.2. The van der Waals surface area contributed by atoms with Gasteiger partial charge in [-0.05, 0) is 41.8 Å². The van der Waals surface area contributed by atoms with Crippen LogP contribution in [-0.2, 0) is 17.7 Å². The van der Waals surface area contributed by atoms with Crippen molar-refractivity contribution in [3.8, 4) is 16.9 Å². The molecule has 0 spiro atoms. The van der Waals surface area contributed by atoms with E-state index in [1.54, 1.807) is 6.07 Å². The third kappa shape index (κ3) is 4.10. The molecule has 0 amide bonds. The molecule has 0 aliphatic rings. The summed E-state index contributed by atoms with van der Waals surface area (Å²) < 4.78 is 12.1. The second-order valence-corrected chi connectivity index (χ2v) is 7.42. The van der Waals surface area contributed by atoms with Crippen LogP contribution in [0.4, 0.5) is 10.5 Å². The average Bonchev–Trinajstić information content (AvgIpc) is 3.12. The molecule has 6 nitrogen and oxygen atoms in total. The zero-order chi connectivity index (χ0) is 22.0. The van der Waals surface area contributed by atoms with Crippen molar-refractivity contribution in [2.24, 2.45) is 0 Å². The van der Waals surface area contributed by atoms with Gasteiger partial charge in [0, 0.05) is 24.2 Å². The Morgan fingerprint density at radius 3 is 2.55 bits per heavy atom. The highest BCUT2D eigenvalue weighted by Gasteiger charge is 2.14. The van der Waals surface area contributed by atoms with Crippen molar-refractivity contribution >= 4 is 22.9 Å². The number of anilines is 1. The van der Waals surface area contributed by atoms with E-state index in [1.807, 2.05) is 49.4 Å². The smallest absolute Gasteiger partial charge is 0.437 e. The van der Waals surface area contributed by atoms with Crippen molar-refractivity contribution in [3.05, 3.63) is 77.6 Å². The number of aryl methyl sites for hydroxylation is 2. The first-order valence-electron chi connectivity index (χ1n) is 10.2. The molecule has 0 atom stereocenters. The summed E-state index contributed by atoms with van der Waals surface area (Å²) >= 11 is 0. The van der Waals surface area contributed by atoms with Gasteiger partial charge in [0.25, 0.3) is 0 Å². The largest absolute Gasteiger partial charge is 0.513 e. The molecule has 3 aromatic carbocycles. The number of nitrogen functional groups attached to an aromatic ring is 1. The van der Waals surface area contributed by atoms with Gasteiger partial charge in [0.15, 0.2) is 0 Å². The van der Waals surface area contributed by atoms with Crippen LogP contribution >= 0.6 is 0 Å². The van der Waals surface area contributed by atoms with Crippen LogP contribution in [0.5, 0.6) is 5.75 Å². The minimum atomic E-state index is -0.738. The Morgan fingerprint density at radius 1 is 1.10 bits per heavy atom. The van der Waals surface area contributed by atoms with E-state index in [0.717, 1.165) is 51.2 Å². The number of hydrogen-bond acceptors (Lipinski definition) is 5. The monoisotopic (exact) mass is 415 g/mol. The molecule has 1 heterocycles. The van der Waals surface area contributed by atoms with E-state index in [9.17, 15) is 4.79 Å². The van der Waals surface area contributed by atoms with Gasteiger partial charge < -0.3 is 19.8 Å². The maximum absolute atomic E-state index is 11.5. The van der Waals surface area contributed by atoms with E-state index in [-0.39, 0.29) is 0 Å². The predicted octanol–water partition coefficient (Wildman–Crippen LogP) is 5.35. The van der Waals surface area contributed by atoms with Crippen LogP contribution in [0.25, 0.3) is 22.2 Å². The fraction of sp³-hybridized carbons (Fsp3) is 0.200. The Morgan fingerprint density at radius 2 is 1.84 bits per heavy atom. The maximum Gasteiger partial charge on any atom is 0.513 e. The lowest BCUT2D eigenvalue weighted by Gasteiger charge is -2.12. The zero-order valence-electron chi connectivity index (χ0n) is 17.9. The summed E-state index contributed by atoms with van der Waals surface area (Å²) in [4.78, 5) is 16.4. The van der Waals surface area contributed by atoms with E-state index >= 15 is 0 Å². The van der Waals surface area contributed by atoms with Crippen LogP contribution in [0.15, 0.2) is 60.7 Å². The lowest BCUT2D eigenvalue weighted by molar-refractivity contribution is 0.121. The minimum Gasteiger partial charge on any atom is -0.437 e. The Bertz CT molecular complexity index is 1240. The first kappa shape index (κ1) is 20.5. The molecule has 31 heavy (non-hydrogen) atoms. The lowest BCUT2D eigenvalue weighted by atomic mass is 10.0. The molecule has 0 saturated carbocycles. The predicted molar refractivity (Wildman–Crippen MR) is 122 cm³/mol. The fourth-order valence-electron chi connectivity index (χ4n) is 3.81. The molecule has 4 rings (SSSR count). The normalized spacial score (nSPS) is 10.9. The fourth-order valence-corrected chi connectivity index (χ4v) is 3.81. The number of nitrogens with zero attached hydrogens (tertiary/aromatic N) is 2. The summed E-state index contributed by atoms with van der Waals surface area (Å²) in [6.07, 6.45) is 0.0994. The van der Waals surface area contributed by atoms with E-state index in [0.29, 0.717) is 12.3 Å². The third-order valence-corrected chi connectivity index (χ3v) is 5.31. The molecule has 158 valence electrons. The molecule has 0 aliphatic carbocycles. The molecule has 0 radical (unpaired) electrons. The van der Waals surface area contributed by atoms with Gasteiger partial charge in [-0.3, -0.25) is 0 Å². The van der Waals surface area contributed by atoms with Crippen LogP contribution in [0.3, 0.4) is 0 Å². The summed E-state index contributed by atoms with van der Waals surface area (Å²) in [5.74, 6) is 1.49. The van der Waals surface area contributed by atoms with Gasteiger partial charge in [0.2, 0.25) is 0 Å². The maximum atomic E-state index is 11.5. The minimum absolute atomic E-state index is 0.460. The molecule has 4 aromatic rings. The van der Waals surface area contributed by atoms with Crippen LogP contribution < -0.4 is 10.5 Å². The van der Waals surface area contributed by atoms with Crippen molar-refractivity contribution in [1.82, 2.24) is 9.55 Å². The quantitative estimate of drug-likeness (QED) is 0.270. The van der Waals surface area contributed by atoms with E-state index in [1.165, 1.54) is 7.11 Å². The lowest BCUT2D eigenvalue weighted by Crippen LogP contribution is -2.08. The van der Waals surface area contributed by atoms with Gasteiger partial charge in [-0.2, -0.15) is 0 Å². The second kappa shape index (κ2) is 8.52. The number of hydrogen-bond donors (Lipinski definition) is 1. The molecule has 6 heteroatoms. The van der Waals surface area contributed by atoms with Crippen molar-refractivity contribution in [2.75, 3.05) is 12.8 Å². The number of imidazole rings is 1. The van der Waals surface area contributed by atoms with Gasteiger partial charge in [-0.1, -0.05) is 49.4 Å². The topological polar surface area (TPSA) is 79.4 Å². The molecule has 2 N–H and O–H groups in total. The number of fused-ring (bicyclic) bond motifs is 1. The Kier molecular flexibility index (Phi) is 5.62. The summed E-state index contributed by atoms with van der Waals surface area (Å²) in [6.45, 7) is 4.85. The highest BCUT2D eigenvalue weighted by atomic mass is 16.7. The highest BCUT2D eigenvalue weighted by molar-refractivity contribution is 5.83.